The third kappa shape index (κ3) is 5.12. The molecule has 0 aliphatic rings. The van der Waals surface area contributed by atoms with Gasteiger partial charge in [0.15, 0.2) is 0 Å². The molecule has 0 aliphatic heterocycles. The van der Waals surface area contributed by atoms with Crippen molar-refractivity contribution in [2.75, 3.05) is 11.9 Å². The van der Waals surface area contributed by atoms with E-state index in [0.717, 1.165) is 36.5 Å². The number of hydrogen-bond acceptors (Lipinski definition) is 2. The van der Waals surface area contributed by atoms with Gasteiger partial charge in [-0.05, 0) is 61.2 Å². The molecule has 0 aromatic heterocycles. The lowest BCUT2D eigenvalue weighted by atomic mass is 10.1. The van der Waals surface area contributed by atoms with E-state index in [-0.39, 0.29) is 0 Å². The maximum Gasteiger partial charge on any atom is 0.335 e. The summed E-state index contributed by atoms with van der Waals surface area (Å²) in [7, 11) is 0. The molecular weight excluding hydrogens is 286 g/mol. The van der Waals surface area contributed by atoms with Crippen LogP contribution in [0.1, 0.15) is 28.8 Å². The number of carboxylic acids is 1. The average Bonchev–Trinajstić information content (AvgIpc) is 2.49. The van der Waals surface area contributed by atoms with Gasteiger partial charge < -0.3 is 10.4 Å². The summed E-state index contributed by atoms with van der Waals surface area (Å²) in [6.45, 7) is 0.875. The molecule has 0 radical (unpaired) electrons. The number of nitrogens with one attached hydrogen (secondary N) is 1. The van der Waals surface area contributed by atoms with E-state index in [9.17, 15) is 4.79 Å². The van der Waals surface area contributed by atoms with Gasteiger partial charge in [-0.2, -0.15) is 0 Å². The molecule has 0 saturated carbocycles. The summed E-state index contributed by atoms with van der Waals surface area (Å²) in [4.78, 5) is 10.7. The van der Waals surface area contributed by atoms with Crippen molar-refractivity contribution in [3.63, 3.8) is 0 Å². The SMILES string of the molecule is O=C(O)c1ccc(NCCCCc2ccc(Cl)cc2)cc1. The van der Waals surface area contributed by atoms with E-state index >= 15 is 0 Å². The zero-order valence-electron chi connectivity index (χ0n) is 11.7. The van der Waals surface area contributed by atoms with Crippen molar-refractivity contribution in [2.24, 2.45) is 0 Å². The number of halogens is 1. The number of carbonyl (C=O) groups is 1. The number of aromatic carboxylic acids is 1. The Kier molecular flexibility index (Phi) is 5.64. The molecule has 2 N–H and O–H groups in total. The average molecular weight is 304 g/mol. The molecule has 0 fully saturated rings. The Labute approximate surface area is 129 Å². The highest BCUT2D eigenvalue weighted by atomic mass is 35.5. The highest BCUT2D eigenvalue weighted by Gasteiger charge is 2.01. The van der Waals surface area contributed by atoms with Crippen LogP contribution in [-0.4, -0.2) is 17.6 Å². The summed E-state index contributed by atoms with van der Waals surface area (Å²) < 4.78 is 0. The van der Waals surface area contributed by atoms with Crippen LogP contribution in [0.2, 0.25) is 5.02 Å². The van der Waals surface area contributed by atoms with Crippen LogP contribution in [0.15, 0.2) is 48.5 Å². The van der Waals surface area contributed by atoms with Gasteiger partial charge in [-0.25, -0.2) is 4.79 Å². The fourth-order valence-electron chi connectivity index (χ4n) is 2.07. The molecule has 110 valence electrons. The normalized spacial score (nSPS) is 10.3. The molecule has 0 saturated heterocycles. The second-order valence-corrected chi connectivity index (χ2v) is 5.33. The third-order valence-electron chi connectivity index (χ3n) is 3.27. The van der Waals surface area contributed by atoms with Crippen molar-refractivity contribution in [1.82, 2.24) is 0 Å². The van der Waals surface area contributed by atoms with Gasteiger partial charge in [-0.3, -0.25) is 0 Å². The topological polar surface area (TPSA) is 49.3 Å². The van der Waals surface area contributed by atoms with Crippen LogP contribution in [0, 0.1) is 0 Å². The number of anilines is 1. The number of rotatable bonds is 7. The van der Waals surface area contributed by atoms with Gasteiger partial charge in [0, 0.05) is 17.3 Å². The van der Waals surface area contributed by atoms with Gasteiger partial charge in [0.1, 0.15) is 0 Å². The van der Waals surface area contributed by atoms with Gasteiger partial charge in [0.05, 0.1) is 5.56 Å². The maximum atomic E-state index is 10.7. The first-order chi connectivity index (χ1) is 10.1. The zero-order valence-corrected chi connectivity index (χ0v) is 12.4. The Balaban J connectivity index is 1.67. The Hall–Kier alpha value is -2.00. The van der Waals surface area contributed by atoms with Crippen LogP contribution < -0.4 is 5.32 Å². The van der Waals surface area contributed by atoms with Crippen molar-refractivity contribution >= 4 is 23.3 Å². The Bertz CT molecular complexity index is 579. The lowest BCUT2D eigenvalue weighted by molar-refractivity contribution is 0.0697. The van der Waals surface area contributed by atoms with Crippen molar-refractivity contribution < 1.29 is 9.90 Å². The van der Waals surface area contributed by atoms with Crippen molar-refractivity contribution in [3.8, 4) is 0 Å². The van der Waals surface area contributed by atoms with Crippen molar-refractivity contribution in [2.45, 2.75) is 19.3 Å². The van der Waals surface area contributed by atoms with E-state index in [1.165, 1.54) is 5.56 Å². The van der Waals surface area contributed by atoms with Crippen LogP contribution in [0.5, 0.6) is 0 Å². The molecule has 0 spiro atoms. The molecular formula is C17H18ClNO2. The summed E-state index contributed by atoms with van der Waals surface area (Å²) in [6, 6.07) is 14.8. The standard InChI is InChI=1S/C17H18ClNO2/c18-15-8-4-13(5-9-15)3-1-2-12-19-16-10-6-14(7-11-16)17(20)21/h4-11,19H,1-3,12H2,(H,20,21). The summed E-state index contributed by atoms with van der Waals surface area (Å²) in [5.41, 5.74) is 2.56. The molecule has 0 amide bonds. The predicted molar refractivity (Wildman–Crippen MR) is 86.3 cm³/mol. The summed E-state index contributed by atoms with van der Waals surface area (Å²) >= 11 is 5.85. The third-order valence-corrected chi connectivity index (χ3v) is 3.52. The minimum absolute atomic E-state index is 0.309. The number of aryl methyl sites for hydroxylation is 1. The molecule has 0 aliphatic carbocycles. The summed E-state index contributed by atoms with van der Waals surface area (Å²) in [6.07, 6.45) is 3.20. The highest BCUT2D eigenvalue weighted by Crippen LogP contribution is 2.12. The monoisotopic (exact) mass is 303 g/mol. The van der Waals surface area contributed by atoms with Gasteiger partial charge >= 0.3 is 5.97 Å². The van der Waals surface area contributed by atoms with Crippen LogP contribution in [0.25, 0.3) is 0 Å². The fraction of sp³-hybridized carbons (Fsp3) is 0.235. The van der Waals surface area contributed by atoms with E-state index in [1.807, 2.05) is 12.1 Å². The summed E-state index contributed by atoms with van der Waals surface area (Å²) in [5, 5.41) is 12.9. The fourth-order valence-corrected chi connectivity index (χ4v) is 2.19. The van der Waals surface area contributed by atoms with E-state index in [2.05, 4.69) is 17.4 Å². The molecule has 3 nitrogen and oxygen atoms in total. The first kappa shape index (κ1) is 15.4. The maximum absolute atomic E-state index is 10.7. The van der Waals surface area contributed by atoms with Crippen LogP contribution in [0.3, 0.4) is 0 Å². The molecule has 2 aromatic carbocycles. The van der Waals surface area contributed by atoms with Gasteiger partial charge in [-0.1, -0.05) is 23.7 Å². The number of unbranched alkanes of at least 4 members (excludes halogenated alkanes) is 1. The smallest absolute Gasteiger partial charge is 0.335 e. The lowest BCUT2D eigenvalue weighted by Crippen LogP contribution is -2.03. The minimum Gasteiger partial charge on any atom is -0.478 e. The first-order valence-electron chi connectivity index (χ1n) is 6.97. The van der Waals surface area contributed by atoms with E-state index in [4.69, 9.17) is 16.7 Å². The summed E-state index contributed by atoms with van der Waals surface area (Å²) in [5.74, 6) is -0.899. The van der Waals surface area contributed by atoms with Crippen molar-refractivity contribution in [3.05, 3.63) is 64.7 Å². The minimum atomic E-state index is -0.899. The first-order valence-corrected chi connectivity index (χ1v) is 7.34. The van der Waals surface area contributed by atoms with Gasteiger partial charge in [0.2, 0.25) is 0 Å². The Morgan fingerprint density at radius 2 is 1.67 bits per heavy atom. The second kappa shape index (κ2) is 7.70. The molecule has 0 unspecified atom stereocenters. The second-order valence-electron chi connectivity index (χ2n) is 4.89. The lowest BCUT2D eigenvalue weighted by Gasteiger charge is -2.07. The zero-order chi connectivity index (χ0) is 15.1. The molecule has 2 rings (SSSR count). The Morgan fingerprint density at radius 3 is 2.29 bits per heavy atom. The van der Waals surface area contributed by atoms with Gasteiger partial charge in [-0.15, -0.1) is 0 Å². The highest BCUT2D eigenvalue weighted by molar-refractivity contribution is 6.30. The Morgan fingerprint density at radius 1 is 1.00 bits per heavy atom. The molecule has 4 heteroatoms. The van der Waals surface area contributed by atoms with E-state index in [1.54, 1.807) is 24.3 Å². The molecule has 2 aromatic rings. The number of benzene rings is 2. The largest absolute Gasteiger partial charge is 0.478 e. The molecule has 0 atom stereocenters. The number of hydrogen-bond donors (Lipinski definition) is 2. The van der Waals surface area contributed by atoms with E-state index < -0.39 is 5.97 Å². The van der Waals surface area contributed by atoms with Crippen LogP contribution >= 0.6 is 11.6 Å². The van der Waals surface area contributed by atoms with E-state index in [0.29, 0.717) is 5.56 Å². The van der Waals surface area contributed by atoms with Crippen molar-refractivity contribution in [1.29, 1.82) is 0 Å². The quantitative estimate of drug-likeness (QED) is 0.742. The number of carboxylic acid groups (broad SMARTS) is 1. The predicted octanol–water partition coefficient (Wildman–Crippen LogP) is 4.47. The van der Waals surface area contributed by atoms with Crippen LogP contribution in [-0.2, 0) is 6.42 Å². The molecule has 0 bridgehead atoms. The van der Waals surface area contributed by atoms with Crippen LogP contribution in [0.4, 0.5) is 5.69 Å². The molecule has 0 heterocycles. The van der Waals surface area contributed by atoms with Gasteiger partial charge in [0.25, 0.3) is 0 Å². The molecule has 21 heavy (non-hydrogen) atoms.